The van der Waals surface area contributed by atoms with E-state index in [0.717, 1.165) is 34.0 Å². The molecule has 3 rings (SSSR count). The summed E-state index contributed by atoms with van der Waals surface area (Å²) < 4.78 is 0. The van der Waals surface area contributed by atoms with Crippen LogP contribution < -0.4 is 5.73 Å². The van der Waals surface area contributed by atoms with Gasteiger partial charge in [0.05, 0.1) is 11.4 Å². The second-order valence-corrected chi connectivity index (χ2v) is 8.60. The lowest BCUT2D eigenvalue weighted by atomic mass is 9.99. The molecule has 1 aliphatic rings. The van der Waals surface area contributed by atoms with E-state index < -0.39 is 5.91 Å². The Hall–Kier alpha value is -3.34. The third-order valence-electron chi connectivity index (χ3n) is 5.45. The maximum atomic E-state index is 11.4. The Kier molecular flexibility index (Phi) is 12.4. The molecule has 2 aromatic carbocycles. The van der Waals surface area contributed by atoms with Crippen LogP contribution in [0, 0.1) is 12.8 Å². The number of carbonyl (C=O) groups excluding carboxylic acids is 2. The maximum Gasteiger partial charge on any atom is 0.249 e. The molecule has 0 aliphatic carbocycles. The third kappa shape index (κ3) is 9.26. The Morgan fingerprint density at radius 1 is 1.12 bits per heavy atom. The molecule has 1 aliphatic heterocycles. The number of amides is 1. The monoisotopic (exact) mass is 461 g/mol. The van der Waals surface area contributed by atoms with Gasteiger partial charge in [-0.25, -0.2) is 0 Å². The van der Waals surface area contributed by atoms with Gasteiger partial charge >= 0.3 is 0 Å². The van der Waals surface area contributed by atoms with Crippen LogP contribution in [0.3, 0.4) is 0 Å². The minimum absolute atomic E-state index is 0.180. The highest BCUT2D eigenvalue weighted by molar-refractivity contribution is 6.09. The largest absolute Gasteiger partial charge is 0.366 e. The Morgan fingerprint density at radius 3 is 2.24 bits per heavy atom. The summed E-state index contributed by atoms with van der Waals surface area (Å²) >= 11 is 0. The van der Waals surface area contributed by atoms with Crippen molar-refractivity contribution in [3.05, 3.63) is 76.4 Å². The van der Waals surface area contributed by atoms with Crippen LogP contribution in [-0.2, 0) is 11.2 Å². The van der Waals surface area contributed by atoms with Crippen molar-refractivity contribution < 1.29 is 9.59 Å². The number of primary amides is 1. The molecule has 0 bridgehead atoms. The number of nitrogens with zero attached hydrogens (tertiary/aromatic N) is 2. The average Bonchev–Trinajstić information content (AvgIpc) is 3.27. The first-order valence-corrected chi connectivity index (χ1v) is 11.8. The number of aryl methyl sites for hydroxylation is 1. The zero-order valence-corrected chi connectivity index (χ0v) is 21.7. The average molecular weight is 462 g/mol. The smallest absolute Gasteiger partial charge is 0.249 e. The number of benzene rings is 2. The fraction of sp³-hybridized carbons (Fsp3) is 0.379. The van der Waals surface area contributed by atoms with Gasteiger partial charge in [0.15, 0.2) is 5.78 Å². The number of ketones is 1. The van der Waals surface area contributed by atoms with Gasteiger partial charge in [-0.3, -0.25) is 19.6 Å². The predicted octanol–water partition coefficient (Wildman–Crippen LogP) is 6.44. The van der Waals surface area contributed by atoms with Crippen LogP contribution >= 0.6 is 0 Å². The Balaban J connectivity index is 0.000000325. The second kappa shape index (κ2) is 14.7. The summed E-state index contributed by atoms with van der Waals surface area (Å²) in [6.45, 7) is 12.3. The molecule has 0 saturated carbocycles. The van der Waals surface area contributed by atoms with Crippen LogP contribution in [-0.4, -0.2) is 30.7 Å². The molecule has 5 heteroatoms. The molecule has 2 aromatic rings. The SMILES string of the molecule is CCC(=O)/C(C)=C/C=NC.CCC(C)C.Cc1ccc(C2=Nc3cccc(C(N)=O)c3C2)cc1. The van der Waals surface area contributed by atoms with Gasteiger partial charge in [-0.05, 0) is 54.7 Å². The molecule has 0 radical (unpaired) electrons. The van der Waals surface area contributed by atoms with Crippen molar-refractivity contribution in [2.75, 3.05) is 7.05 Å². The number of fused-ring (bicyclic) bond motifs is 1. The molecule has 0 saturated heterocycles. The van der Waals surface area contributed by atoms with Crippen LogP contribution in [0.15, 0.2) is 64.1 Å². The summed E-state index contributed by atoms with van der Waals surface area (Å²) in [7, 11) is 1.68. The van der Waals surface area contributed by atoms with Crippen molar-refractivity contribution in [1.29, 1.82) is 0 Å². The Labute approximate surface area is 204 Å². The van der Waals surface area contributed by atoms with Gasteiger partial charge in [-0.1, -0.05) is 70.0 Å². The molecular formula is C29H39N3O2. The molecule has 5 nitrogen and oxygen atoms in total. The van der Waals surface area contributed by atoms with Crippen LogP contribution in [0.25, 0.3) is 0 Å². The van der Waals surface area contributed by atoms with Gasteiger partial charge in [0, 0.05) is 31.7 Å². The van der Waals surface area contributed by atoms with E-state index in [9.17, 15) is 9.59 Å². The van der Waals surface area contributed by atoms with E-state index in [1.54, 1.807) is 32.3 Å². The first kappa shape index (κ1) is 28.7. The van der Waals surface area contributed by atoms with Gasteiger partial charge in [-0.2, -0.15) is 0 Å². The van der Waals surface area contributed by atoms with Gasteiger partial charge in [0.2, 0.25) is 5.91 Å². The fourth-order valence-corrected chi connectivity index (χ4v) is 2.92. The summed E-state index contributed by atoms with van der Waals surface area (Å²) in [4.78, 5) is 30.6. The standard InChI is InChI=1S/C16H14N2O.C8H13NO.C5H12/c1-10-5-7-11(8-6-10)15-9-13-12(16(17)19)3-2-4-14(13)18-15;1-4-8(10)7(2)5-6-9-3;1-4-5(2)3/h2-8H,9H2,1H3,(H2,17,19);5-6H,4H2,1-3H3;5H,4H2,1-3H3/b;7-5+,9-6?;. The Morgan fingerprint density at radius 2 is 1.74 bits per heavy atom. The fourth-order valence-electron chi connectivity index (χ4n) is 2.92. The van der Waals surface area contributed by atoms with Gasteiger partial charge < -0.3 is 5.73 Å². The van der Waals surface area contributed by atoms with Crippen molar-refractivity contribution in [3.8, 4) is 0 Å². The highest BCUT2D eigenvalue weighted by atomic mass is 16.1. The van der Waals surface area contributed by atoms with Crippen molar-refractivity contribution in [1.82, 2.24) is 0 Å². The molecule has 0 spiro atoms. The summed E-state index contributed by atoms with van der Waals surface area (Å²) in [6, 6.07) is 13.7. The van der Waals surface area contributed by atoms with E-state index in [-0.39, 0.29) is 5.78 Å². The number of carbonyl (C=O) groups is 2. The summed E-state index contributed by atoms with van der Waals surface area (Å²) in [5, 5.41) is 0. The van der Waals surface area contributed by atoms with Gasteiger partial charge in [0.25, 0.3) is 0 Å². The Bertz CT molecular complexity index is 1050. The molecule has 0 unspecified atom stereocenters. The van der Waals surface area contributed by atoms with E-state index in [1.165, 1.54) is 12.0 Å². The summed E-state index contributed by atoms with van der Waals surface area (Å²) in [5.41, 5.74) is 11.8. The maximum absolute atomic E-state index is 11.4. The van der Waals surface area contributed by atoms with Crippen LogP contribution in [0.4, 0.5) is 5.69 Å². The van der Waals surface area contributed by atoms with Crippen molar-refractivity contribution >= 4 is 29.3 Å². The van der Waals surface area contributed by atoms with E-state index in [2.05, 4.69) is 61.9 Å². The van der Waals surface area contributed by atoms with Crippen LogP contribution in [0.5, 0.6) is 0 Å². The van der Waals surface area contributed by atoms with Crippen molar-refractivity contribution in [2.24, 2.45) is 21.6 Å². The topological polar surface area (TPSA) is 84.9 Å². The van der Waals surface area contributed by atoms with E-state index >= 15 is 0 Å². The minimum Gasteiger partial charge on any atom is -0.366 e. The highest BCUT2D eigenvalue weighted by Crippen LogP contribution is 2.31. The zero-order valence-electron chi connectivity index (χ0n) is 21.7. The summed E-state index contributed by atoms with van der Waals surface area (Å²) in [6.07, 6.45) is 5.89. The van der Waals surface area contributed by atoms with Crippen molar-refractivity contribution in [2.45, 2.75) is 60.8 Å². The molecule has 1 heterocycles. The second-order valence-electron chi connectivity index (χ2n) is 8.60. The predicted molar refractivity (Wildman–Crippen MR) is 145 cm³/mol. The lowest BCUT2D eigenvalue weighted by Gasteiger charge is -2.03. The number of Topliss-reactive ketones (excluding diaryl/α,β-unsaturated/α-hetero) is 1. The van der Waals surface area contributed by atoms with E-state index in [4.69, 9.17) is 5.73 Å². The number of hydrogen-bond acceptors (Lipinski definition) is 4. The molecule has 0 fully saturated rings. The number of hydrogen-bond donors (Lipinski definition) is 1. The molecule has 1 amide bonds. The lowest BCUT2D eigenvalue weighted by molar-refractivity contribution is -0.115. The van der Waals surface area contributed by atoms with Crippen LogP contribution in [0.2, 0.25) is 0 Å². The first-order chi connectivity index (χ1) is 16.1. The van der Waals surface area contributed by atoms with Crippen LogP contribution in [0.1, 0.15) is 74.5 Å². The normalized spacial score (nSPS) is 12.4. The molecule has 0 aromatic heterocycles. The molecule has 34 heavy (non-hydrogen) atoms. The molecule has 0 atom stereocenters. The molecule has 2 N–H and O–H groups in total. The molecule has 182 valence electrons. The third-order valence-corrected chi connectivity index (χ3v) is 5.45. The first-order valence-electron chi connectivity index (χ1n) is 11.8. The quantitative estimate of drug-likeness (QED) is 0.397. The van der Waals surface area contributed by atoms with E-state index in [0.29, 0.717) is 18.4 Å². The highest BCUT2D eigenvalue weighted by Gasteiger charge is 2.20. The number of rotatable bonds is 6. The van der Waals surface area contributed by atoms with Crippen molar-refractivity contribution in [3.63, 3.8) is 0 Å². The van der Waals surface area contributed by atoms with Gasteiger partial charge in [-0.15, -0.1) is 0 Å². The molecular weight excluding hydrogens is 422 g/mol. The lowest BCUT2D eigenvalue weighted by Crippen LogP contribution is -2.14. The minimum atomic E-state index is -0.391. The summed E-state index contributed by atoms with van der Waals surface area (Å²) in [5.74, 6) is 0.673. The van der Waals surface area contributed by atoms with E-state index in [1.807, 2.05) is 19.1 Å². The zero-order chi connectivity index (χ0) is 25.7. The number of aliphatic imine (C=N–C) groups is 2. The number of allylic oxidation sites excluding steroid dienone is 2. The number of nitrogens with two attached hydrogens (primary N) is 1. The van der Waals surface area contributed by atoms with Gasteiger partial charge in [0.1, 0.15) is 0 Å².